The summed E-state index contributed by atoms with van der Waals surface area (Å²) in [7, 11) is 0. The average Bonchev–Trinajstić information content (AvgIpc) is 2.80. The summed E-state index contributed by atoms with van der Waals surface area (Å²) in [5.41, 5.74) is 6.70. The van der Waals surface area contributed by atoms with E-state index < -0.39 is 5.91 Å². The molecule has 1 fully saturated rings. The van der Waals surface area contributed by atoms with Crippen molar-refractivity contribution in [2.45, 2.75) is 25.9 Å². The van der Waals surface area contributed by atoms with Gasteiger partial charge in [-0.2, -0.15) is 0 Å². The molecule has 4 heteroatoms. The molecule has 1 heterocycles. The van der Waals surface area contributed by atoms with E-state index in [1.54, 1.807) is 12.1 Å². The Balaban J connectivity index is 2.03. The second kappa shape index (κ2) is 5.19. The first-order chi connectivity index (χ1) is 8.16. The van der Waals surface area contributed by atoms with Crippen molar-refractivity contribution in [3.05, 3.63) is 29.3 Å². The van der Waals surface area contributed by atoms with Crippen molar-refractivity contribution >= 4 is 5.91 Å². The predicted octanol–water partition coefficient (Wildman–Crippen LogP) is 1.65. The van der Waals surface area contributed by atoms with E-state index in [0.29, 0.717) is 17.9 Å². The zero-order valence-corrected chi connectivity index (χ0v) is 9.94. The molecule has 0 aliphatic carbocycles. The number of nitrogens with two attached hydrogens (primary N) is 1. The summed E-state index contributed by atoms with van der Waals surface area (Å²) in [5.74, 6) is 0.267. The number of aryl methyl sites for hydroxylation is 1. The number of carbonyl (C=O) groups is 1. The third-order valence-corrected chi connectivity index (χ3v) is 2.92. The quantitative estimate of drug-likeness (QED) is 0.863. The molecule has 17 heavy (non-hydrogen) atoms. The molecule has 1 aliphatic rings. The molecule has 1 aromatic carbocycles. The van der Waals surface area contributed by atoms with Crippen LogP contribution in [0.3, 0.4) is 0 Å². The van der Waals surface area contributed by atoms with Crippen LogP contribution in [0.2, 0.25) is 0 Å². The Bertz CT molecular complexity index is 411. The molecule has 0 spiro atoms. The Kier molecular flexibility index (Phi) is 3.64. The van der Waals surface area contributed by atoms with Crippen LogP contribution in [0, 0.1) is 6.92 Å². The topological polar surface area (TPSA) is 61.6 Å². The molecule has 1 unspecified atom stereocenters. The number of benzene rings is 1. The van der Waals surface area contributed by atoms with Crippen LogP contribution in [0.4, 0.5) is 0 Å². The van der Waals surface area contributed by atoms with Crippen LogP contribution in [-0.4, -0.2) is 25.2 Å². The van der Waals surface area contributed by atoms with Crippen molar-refractivity contribution in [3.8, 4) is 5.75 Å². The van der Waals surface area contributed by atoms with Gasteiger partial charge in [0.1, 0.15) is 12.4 Å². The molecular weight excluding hydrogens is 218 g/mol. The minimum Gasteiger partial charge on any atom is -0.491 e. The molecule has 2 rings (SSSR count). The molecule has 1 saturated heterocycles. The summed E-state index contributed by atoms with van der Waals surface area (Å²) in [6.07, 6.45) is 2.30. The normalized spacial score (nSPS) is 19.2. The van der Waals surface area contributed by atoms with Crippen molar-refractivity contribution in [1.29, 1.82) is 0 Å². The van der Waals surface area contributed by atoms with Gasteiger partial charge in [-0.15, -0.1) is 0 Å². The lowest BCUT2D eigenvalue weighted by molar-refractivity contribution is 0.0677. The van der Waals surface area contributed by atoms with Crippen molar-refractivity contribution in [2.75, 3.05) is 13.2 Å². The van der Waals surface area contributed by atoms with Crippen LogP contribution in [-0.2, 0) is 4.74 Å². The highest BCUT2D eigenvalue weighted by Gasteiger charge is 2.16. The molecular formula is C13H17NO3. The number of hydrogen-bond acceptors (Lipinski definition) is 3. The third kappa shape index (κ3) is 2.97. The van der Waals surface area contributed by atoms with E-state index in [1.165, 1.54) is 0 Å². The molecule has 1 aromatic rings. The maximum atomic E-state index is 11.1. The lowest BCUT2D eigenvalue weighted by atomic mass is 10.1. The molecule has 0 aromatic heterocycles. The molecule has 0 radical (unpaired) electrons. The smallest absolute Gasteiger partial charge is 0.248 e. The van der Waals surface area contributed by atoms with Gasteiger partial charge in [-0.3, -0.25) is 4.79 Å². The third-order valence-electron chi connectivity index (χ3n) is 2.92. The van der Waals surface area contributed by atoms with Crippen molar-refractivity contribution in [1.82, 2.24) is 0 Å². The van der Waals surface area contributed by atoms with Gasteiger partial charge in [0.25, 0.3) is 0 Å². The SMILES string of the molecule is Cc1ccc(C(N)=O)cc1OCC1CCCO1. The lowest BCUT2D eigenvalue weighted by Crippen LogP contribution is -2.17. The highest BCUT2D eigenvalue weighted by molar-refractivity contribution is 5.93. The zero-order chi connectivity index (χ0) is 12.3. The Morgan fingerprint density at radius 2 is 2.41 bits per heavy atom. The van der Waals surface area contributed by atoms with Crippen LogP contribution in [0.15, 0.2) is 18.2 Å². The van der Waals surface area contributed by atoms with E-state index >= 15 is 0 Å². The summed E-state index contributed by atoms with van der Waals surface area (Å²) in [6.45, 7) is 3.28. The van der Waals surface area contributed by atoms with Gasteiger partial charge in [0.05, 0.1) is 6.10 Å². The van der Waals surface area contributed by atoms with Crippen molar-refractivity contribution in [2.24, 2.45) is 5.73 Å². The predicted molar refractivity (Wildman–Crippen MR) is 64.2 cm³/mol. The van der Waals surface area contributed by atoms with Gasteiger partial charge in [-0.1, -0.05) is 6.07 Å². The highest BCUT2D eigenvalue weighted by Crippen LogP contribution is 2.21. The monoisotopic (exact) mass is 235 g/mol. The minimum atomic E-state index is -0.438. The van der Waals surface area contributed by atoms with Gasteiger partial charge < -0.3 is 15.2 Å². The summed E-state index contributed by atoms with van der Waals surface area (Å²) < 4.78 is 11.2. The van der Waals surface area contributed by atoms with Crippen LogP contribution in [0.25, 0.3) is 0 Å². The van der Waals surface area contributed by atoms with Gasteiger partial charge in [0.2, 0.25) is 5.91 Å². The number of ether oxygens (including phenoxy) is 2. The van der Waals surface area contributed by atoms with Gasteiger partial charge in [0, 0.05) is 12.2 Å². The summed E-state index contributed by atoms with van der Waals surface area (Å²) in [6, 6.07) is 5.23. The van der Waals surface area contributed by atoms with Gasteiger partial charge >= 0.3 is 0 Å². The van der Waals surface area contributed by atoms with E-state index in [0.717, 1.165) is 25.0 Å². The zero-order valence-electron chi connectivity index (χ0n) is 9.94. The Labute approximate surface area is 101 Å². The molecule has 1 aliphatic heterocycles. The van der Waals surface area contributed by atoms with Gasteiger partial charge in [-0.05, 0) is 37.5 Å². The van der Waals surface area contributed by atoms with Crippen LogP contribution in [0.1, 0.15) is 28.8 Å². The van der Waals surface area contributed by atoms with E-state index in [9.17, 15) is 4.79 Å². The van der Waals surface area contributed by atoms with E-state index in [4.69, 9.17) is 15.2 Å². The highest BCUT2D eigenvalue weighted by atomic mass is 16.5. The number of primary amides is 1. The standard InChI is InChI=1S/C13H17NO3/c1-9-4-5-10(13(14)15)7-12(9)17-8-11-3-2-6-16-11/h4-5,7,11H,2-3,6,8H2,1H3,(H2,14,15). The van der Waals surface area contributed by atoms with Crippen molar-refractivity contribution < 1.29 is 14.3 Å². The van der Waals surface area contributed by atoms with Crippen LogP contribution >= 0.6 is 0 Å². The van der Waals surface area contributed by atoms with E-state index in [1.807, 2.05) is 13.0 Å². The summed E-state index contributed by atoms with van der Waals surface area (Å²) in [5, 5.41) is 0. The number of rotatable bonds is 4. The first kappa shape index (κ1) is 11.9. The maximum Gasteiger partial charge on any atom is 0.248 e. The second-order valence-corrected chi connectivity index (χ2v) is 4.29. The summed E-state index contributed by atoms with van der Waals surface area (Å²) in [4.78, 5) is 11.1. The Hall–Kier alpha value is -1.55. The minimum absolute atomic E-state index is 0.173. The molecule has 1 amide bonds. The fraction of sp³-hybridized carbons (Fsp3) is 0.462. The van der Waals surface area contributed by atoms with E-state index in [-0.39, 0.29) is 6.10 Å². The molecule has 2 N–H and O–H groups in total. The Morgan fingerprint density at radius 3 is 3.06 bits per heavy atom. The number of hydrogen-bond donors (Lipinski definition) is 1. The average molecular weight is 235 g/mol. The first-order valence-corrected chi connectivity index (χ1v) is 5.81. The van der Waals surface area contributed by atoms with Gasteiger partial charge in [-0.25, -0.2) is 0 Å². The molecule has 92 valence electrons. The second-order valence-electron chi connectivity index (χ2n) is 4.29. The first-order valence-electron chi connectivity index (χ1n) is 5.81. The summed E-state index contributed by atoms with van der Waals surface area (Å²) >= 11 is 0. The Morgan fingerprint density at radius 1 is 1.59 bits per heavy atom. The van der Waals surface area contributed by atoms with Gasteiger partial charge in [0.15, 0.2) is 0 Å². The number of carbonyl (C=O) groups excluding carboxylic acids is 1. The van der Waals surface area contributed by atoms with Crippen molar-refractivity contribution in [3.63, 3.8) is 0 Å². The fourth-order valence-corrected chi connectivity index (χ4v) is 1.87. The van der Waals surface area contributed by atoms with Crippen LogP contribution < -0.4 is 10.5 Å². The molecule has 4 nitrogen and oxygen atoms in total. The molecule has 0 saturated carbocycles. The largest absolute Gasteiger partial charge is 0.491 e. The van der Waals surface area contributed by atoms with Crippen LogP contribution in [0.5, 0.6) is 5.75 Å². The lowest BCUT2D eigenvalue weighted by Gasteiger charge is -2.13. The number of amides is 1. The van der Waals surface area contributed by atoms with E-state index in [2.05, 4.69) is 0 Å². The molecule has 0 bridgehead atoms. The maximum absolute atomic E-state index is 11.1. The fourth-order valence-electron chi connectivity index (χ4n) is 1.87. The molecule has 1 atom stereocenters.